The van der Waals surface area contributed by atoms with Crippen molar-refractivity contribution in [3.63, 3.8) is 0 Å². The highest BCUT2D eigenvalue weighted by Crippen LogP contribution is 2.19. The molecule has 2 heterocycles. The van der Waals surface area contributed by atoms with Crippen LogP contribution in [0.1, 0.15) is 17.2 Å². The van der Waals surface area contributed by atoms with Gasteiger partial charge in [0.2, 0.25) is 0 Å². The minimum Gasteiger partial charge on any atom is -0.479 e. The van der Waals surface area contributed by atoms with Gasteiger partial charge in [0.25, 0.3) is 0 Å². The molecule has 0 saturated heterocycles. The van der Waals surface area contributed by atoms with Crippen molar-refractivity contribution in [3.8, 4) is 6.07 Å². The monoisotopic (exact) mass is 258 g/mol. The van der Waals surface area contributed by atoms with Crippen LogP contribution in [0, 0.1) is 11.3 Å². The molecule has 0 aromatic carbocycles. The van der Waals surface area contributed by atoms with E-state index >= 15 is 0 Å². The van der Waals surface area contributed by atoms with E-state index < -0.39 is 12.0 Å². The van der Waals surface area contributed by atoms with Gasteiger partial charge < -0.3 is 10.4 Å². The lowest BCUT2D eigenvalue weighted by Crippen LogP contribution is -2.21. The number of aromatic nitrogens is 4. The quantitative estimate of drug-likeness (QED) is 0.810. The van der Waals surface area contributed by atoms with Crippen molar-refractivity contribution in [1.82, 2.24) is 20.0 Å². The second kappa shape index (κ2) is 5.14. The summed E-state index contributed by atoms with van der Waals surface area (Å²) in [4.78, 5) is 11.3. The Labute approximate surface area is 108 Å². The largest absolute Gasteiger partial charge is 0.479 e. The molecule has 0 radical (unpaired) electrons. The number of carboxylic acid groups (broad SMARTS) is 1. The third kappa shape index (κ3) is 2.66. The number of aliphatic carboxylic acids is 1. The fourth-order valence-corrected chi connectivity index (χ4v) is 1.54. The summed E-state index contributed by atoms with van der Waals surface area (Å²) in [5.41, 5.74) is 0.690. The van der Waals surface area contributed by atoms with Gasteiger partial charge in [-0.25, -0.2) is 4.79 Å². The van der Waals surface area contributed by atoms with E-state index in [-0.39, 0.29) is 11.4 Å². The first-order chi connectivity index (χ1) is 9.11. The zero-order valence-electron chi connectivity index (χ0n) is 9.98. The summed E-state index contributed by atoms with van der Waals surface area (Å²) in [5, 5.41) is 32.1. The van der Waals surface area contributed by atoms with Crippen LogP contribution in [0.3, 0.4) is 0 Å². The van der Waals surface area contributed by atoms with Crippen LogP contribution >= 0.6 is 0 Å². The van der Waals surface area contributed by atoms with E-state index in [1.807, 2.05) is 6.07 Å². The zero-order chi connectivity index (χ0) is 13.8. The lowest BCUT2D eigenvalue weighted by Gasteiger charge is -2.13. The molecule has 0 amide bonds. The topological polar surface area (TPSA) is 117 Å². The average Bonchev–Trinajstić information content (AvgIpc) is 2.82. The maximum absolute atomic E-state index is 11.3. The van der Waals surface area contributed by atoms with E-state index in [0.29, 0.717) is 5.56 Å². The smallest absolute Gasteiger partial charge is 0.330 e. The summed E-state index contributed by atoms with van der Waals surface area (Å²) in [6, 6.07) is 2.33. The molecule has 0 saturated carbocycles. The van der Waals surface area contributed by atoms with Crippen LogP contribution in [0.5, 0.6) is 0 Å². The van der Waals surface area contributed by atoms with E-state index in [4.69, 9.17) is 5.26 Å². The Hall–Kier alpha value is -2.95. The van der Waals surface area contributed by atoms with Gasteiger partial charge in [-0.2, -0.15) is 15.5 Å². The first-order valence-electron chi connectivity index (χ1n) is 5.31. The van der Waals surface area contributed by atoms with Crippen LogP contribution in [0.25, 0.3) is 0 Å². The van der Waals surface area contributed by atoms with Gasteiger partial charge in [-0.3, -0.25) is 4.68 Å². The number of carbonyl (C=O) groups is 1. The van der Waals surface area contributed by atoms with Crippen molar-refractivity contribution >= 4 is 11.8 Å². The maximum atomic E-state index is 11.3. The Kier molecular flexibility index (Phi) is 3.38. The van der Waals surface area contributed by atoms with Gasteiger partial charge in [0, 0.05) is 18.8 Å². The highest BCUT2D eigenvalue weighted by atomic mass is 16.4. The Bertz CT molecular complexity index is 645. The van der Waals surface area contributed by atoms with E-state index in [1.54, 1.807) is 13.2 Å². The molecule has 0 fully saturated rings. The number of hydrogen-bond acceptors (Lipinski definition) is 6. The van der Waals surface area contributed by atoms with Crippen molar-refractivity contribution in [2.24, 2.45) is 7.05 Å². The van der Waals surface area contributed by atoms with Crippen LogP contribution in [0.4, 0.5) is 5.82 Å². The number of nitriles is 1. The Morgan fingerprint density at radius 1 is 1.63 bits per heavy atom. The van der Waals surface area contributed by atoms with Gasteiger partial charge in [-0.05, 0) is 6.07 Å². The van der Waals surface area contributed by atoms with Crippen LogP contribution in [0.2, 0.25) is 0 Å². The third-order valence-electron chi connectivity index (χ3n) is 2.43. The minimum atomic E-state index is -1.09. The zero-order valence-corrected chi connectivity index (χ0v) is 9.98. The van der Waals surface area contributed by atoms with E-state index in [2.05, 4.69) is 20.6 Å². The van der Waals surface area contributed by atoms with E-state index in [1.165, 1.54) is 23.1 Å². The molecule has 0 aliphatic heterocycles. The Balaban J connectivity index is 2.32. The summed E-state index contributed by atoms with van der Waals surface area (Å²) in [6.07, 6.45) is 4.38. The van der Waals surface area contributed by atoms with Gasteiger partial charge in [0.15, 0.2) is 11.9 Å². The predicted octanol–water partition coefficient (Wildman–Crippen LogP) is 0.320. The molecule has 0 spiro atoms. The maximum Gasteiger partial charge on any atom is 0.330 e. The van der Waals surface area contributed by atoms with Gasteiger partial charge in [0.05, 0.1) is 18.0 Å². The van der Waals surface area contributed by atoms with Gasteiger partial charge in [0.1, 0.15) is 6.07 Å². The third-order valence-corrected chi connectivity index (χ3v) is 2.43. The summed E-state index contributed by atoms with van der Waals surface area (Å²) >= 11 is 0. The number of anilines is 1. The molecule has 2 aromatic heterocycles. The molecule has 96 valence electrons. The normalized spacial score (nSPS) is 11.6. The molecule has 8 nitrogen and oxygen atoms in total. The molecule has 2 aromatic rings. The Morgan fingerprint density at radius 2 is 2.42 bits per heavy atom. The van der Waals surface area contributed by atoms with Crippen molar-refractivity contribution < 1.29 is 9.90 Å². The highest BCUT2D eigenvalue weighted by Gasteiger charge is 2.22. The average molecular weight is 258 g/mol. The second-order valence-electron chi connectivity index (χ2n) is 3.77. The second-order valence-corrected chi connectivity index (χ2v) is 3.77. The van der Waals surface area contributed by atoms with Crippen molar-refractivity contribution in [1.29, 1.82) is 5.26 Å². The van der Waals surface area contributed by atoms with Crippen LogP contribution in [-0.2, 0) is 11.8 Å². The number of aryl methyl sites for hydroxylation is 1. The molecule has 0 bridgehead atoms. The molecule has 2 N–H and O–H groups in total. The summed E-state index contributed by atoms with van der Waals surface area (Å²) < 4.78 is 1.49. The lowest BCUT2D eigenvalue weighted by molar-refractivity contribution is -0.138. The van der Waals surface area contributed by atoms with Crippen LogP contribution in [-0.4, -0.2) is 31.1 Å². The van der Waals surface area contributed by atoms with E-state index in [9.17, 15) is 9.90 Å². The summed E-state index contributed by atoms with van der Waals surface area (Å²) in [5.74, 6) is -0.969. The Morgan fingerprint density at radius 3 is 3.00 bits per heavy atom. The molecule has 0 aliphatic carbocycles. The molecule has 1 atom stereocenters. The molecule has 0 aliphatic rings. The number of carboxylic acids is 1. The molecular formula is C11H10N6O2. The fraction of sp³-hybridized carbons (Fsp3) is 0.182. The molecular weight excluding hydrogens is 248 g/mol. The molecule has 19 heavy (non-hydrogen) atoms. The molecule has 2 rings (SSSR count). The van der Waals surface area contributed by atoms with Crippen molar-refractivity contribution in [2.45, 2.75) is 6.04 Å². The fourth-order valence-electron chi connectivity index (χ4n) is 1.54. The van der Waals surface area contributed by atoms with Crippen LogP contribution < -0.4 is 5.32 Å². The number of nitrogens with one attached hydrogen (secondary N) is 1. The van der Waals surface area contributed by atoms with Crippen molar-refractivity contribution in [2.75, 3.05) is 5.32 Å². The number of hydrogen-bond donors (Lipinski definition) is 2. The molecule has 8 heteroatoms. The minimum absolute atomic E-state index is 0.126. The summed E-state index contributed by atoms with van der Waals surface area (Å²) in [6.45, 7) is 0. The number of rotatable bonds is 4. The van der Waals surface area contributed by atoms with Crippen molar-refractivity contribution in [3.05, 3.63) is 35.8 Å². The lowest BCUT2D eigenvalue weighted by atomic mass is 10.1. The van der Waals surface area contributed by atoms with Gasteiger partial charge >= 0.3 is 5.97 Å². The SMILES string of the molecule is Cn1cc(C(Nc2nnccc2C#N)C(=O)O)cn1. The summed E-state index contributed by atoms with van der Waals surface area (Å²) in [7, 11) is 1.69. The number of nitrogens with zero attached hydrogens (tertiary/aromatic N) is 5. The first-order valence-corrected chi connectivity index (χ1v) is 5.31. The highest BCUT2D eigenvalue weighted by molar-refractivity contribution is 5.79. The first kappa shape index (κ1) is 12.5. The van der Waals surface area contributed by atoms with Crippen LogP contribution in [0.15, 0.2) is 24.7 Å². The van der Waals surface area contributed by atoms with Gasteiger partial charge in [-0.1, -0.05) is 0 Å². The van der Waals surface area contributed by atoms with E-state index in [0.717, 1.165) is 0 Å². The molecule has 1 unspecified atom stereocenters. The van der Waals surface area contributed by atoms with Gasteiger partial charge in [-0.15, -0.1) is 5.10 Å². The predicted molar refractivity (Wildman–Crippen MR) is 64.0 cm³/mol. The standard InChI is InChI=1S/C11H10N6O2/c1-17-6-8(5-14-17)9(11(18)19)15-10-7(4-12)2-3-13-16-10/h2-3,5-6,9H,1H3,(H,15,16)(H,18,19).